The molecule has 0 spiro atoms. The molecule has 2 heteroatoms. The molecule has 0 fully saturated rings. The van der Waals surface area contributed by atoms with Gasteiger partial charge in [-0.3, -0.25) is 4.79 Å². The first-order valence-electron chi connectivity index (χ1n) is 5.61. The summed E-state index contributed by atoms with van der Waals surface area (Å²) in [5, 5.41) is 1.23. The van der Waals surface area contributed by atoms with Crippen molar-refractivity contribution in [3.05, 3.63) is 42.1 Å². The SMILES string of the molecule is O=C1CC=C(c2ccc3[nH]ccc3c2)CC1. The number of H-pyrrole nitrogens is 1. The molecular formula is C14H13NO. The predicted octanol–water partition coefficient (Wildman–Crippen LogP) is 3.30. The maximum Gasteiger partial charge on any atom is 0.137 e. The van der Waals surface area contributed by atoms with Gasteiger partial charge >= 0.3 is 0 Å². The molecule has 3 rings (SSSR count). The van der Waals surface area contributed by atoms with E-state index in [9.17, 15) is 4.79 Å². The van der Waals surface area contributed by atoms with Gasteiger partial charge in [0.1, 0.15) is 5.78 Å². The lowest BCUT2D eigenvalue weighted by Gasteiger charge is -2.12. The summed E-state index contributed by atoms with van der Waals surface area (Å²) < 4.78 is 0. The van der Waals surface area contributed by atoms with Gasteiger partial charge in [-0.15, -0.1) is 0 Å². The van der Waals surface area contributed by atoms with Gasteiger partial charge in [-0.2, -0.15) is 0 Å². The molecule has 1 heterocycles. The van der Waals surface area contributed by atoms with Crippen LogP contribution in [-0.4, -0.2) is 10.8 Å². The lowest BCUT2D eigenvalue weighted by atomic mass is 9.92. The van der Waals surface area contributed by atoms with Crippen LogP contribution in [0.1, 0.15) is 24.8 Å². The van der Waals surface area contributed by atoms with Crippen molar-refractivity contribution in [3.63, 3.8) is 0 Å². The molecule has 0 unspecified atom stereocenters. The fourth-order valence-corrected chi connectivity index (χ4v) is 2.23. The highest BCUT2D eigenvalue weighted by Gasteiger charge is 2.11. The fraction of sp³-hybridized carbons (Fsp3) is 0.214. The largest absolute Gasteiger partial charge is 0.361 e. The molecule has 0 radical (unpaired) electrons. The summed E-state index contributed by atoms with van der Waals surface area (Å²) in [4.78, 5) is 14.3. The predicted molar refractivity (Wildman–Crippen MR) is 65.1 cm³/mol. The Labute approximate surface area is 94.0 Å². The van der Waals surface area contributed by atoms with Crippen LogP contribution in [0.25, 0.3) is 16.5 Å². The number of hydrogen-bond acceptors (Lipinski definition) is 1. The lowest BCUT2D eigenvalue weighted by Crippen LogP contribution is -2.02. The second-order valence-corrected chi connectivity index (χ2v) is 4.25. The molecule has 0 saturated heterocycles. The normalized spacial score (nSPS) is 16.5. The maximum absolute atomic E-state index is 11.2. The van der Waals surface area contributed by atoms with Gasteiger partial charge in [0.25, 0.3) is 0 Å². The Morgan fingerprint density at radius 2 is 2.06 bits per heavy atom. The van der Waals surface area contributed by atoms with Crippen LogP contribution >= 0.6 is 0 Å². The third-order valence-electron chi connectivity index (χ3n) is 3.17. The minimum Gasteiger partial charge on any atom is -0.361 e. The van der Waals surface area contributed by atoms with Gasteiger partial charge in [0.2, 0.25) is 0 Å². The Bertz CT molecular complexity index is 577. The molecule has 0 aliphatic heterocycles. The number of aromatic nitrogens is 1. The summed E-state index contributed by atoms with van der Waals surface area (Å²) >= 11 is 0. The maximum atomic E-state index is 11.2. The molecule has 0 saturated carbocycles. The molecule has 0 bridgehead atoms. The van der Waals surface area contributed by atoms with Gasteiger partial charge < -0.3 is 4.98 Å². The minimum absolute atomic E-state index is 0.353. The number of rotatable bonds is 1. The van der Waals surface area contributed by atoms with Crippen LogP contribution in [0.3, 0.4) is 0 Å². The summed E-state index contributed by atoms with van der Waals surface area (Å²) in [5.41, 5.74) is 3.72. The zero-order valence-electron chi connectivity index (χ0n) is 8.99. The van der Waals surface area contributed by atoms with E-state index in [1.807, 2.05) is 6.20 Å². The van der Waals surface area contributed by atoms with Crippen molar-refractivity contribution in [2.45, 2.75) is 19.3 Å². The second kappa shape index (κ2) is 3.63. The molecule has 0 atom stereocenters. The smallest absolute Gasteiger partial charge is 0.137 e. The van der Waals surface area contributed by atoms with Crippen LogP contribution in [0, 0.1) is 0 Å². The van der Waals surface area contributed by atoms with Gasteiger partial charge in [-0.05, 0) is 41.1 Å². The Hall–Kier alpha value is -1.83. The number of allylic oxidation sites excluding steroid dienone is 2. The first-order chi connectivity index (χ1) is 7.83. The number of hydrogen-bond donors (Lipinski definition) is 1. The van der Waals surface area contributed by atoms with Crippen molar-refractivity contribution in [2.75, 3.05) is 0 Å². The summed E-state index contributed by atoms with van der Waals surface area (Å²) in [6, 6.07) is 8.49. The minimum atomic E-state index is 0.353. The van der Waals surface area contributed by atoms with E-state index in [1.165, 1.54) is 16.5 Å². The van der Waals surface area contributed by atoms with Gasteiger partial charge in [0.15, 0.2) is 0 Å². The van der Waals surface area contributed by atoms with Crippen molar-refractivity contribution >= 4 is 22.3 Å². The number of benzene rings is 1. The van der Waals surface area contributed by atoms with Crippen LogP contribution in [-0.2, 0) is 4.79 Å². The van der Waals surface area contributed by atoms with Crippen LogP contribution < -0.4 is 0 Å². The highest BCUT2D eigenvalue weighted by Crippen LogP contribution is 2.27. The Morgan fingerprint density at radius 1 is 1.12 bits per heavy atom. The van der Waals surface area contributed by atoms with E-state index in [0.29, 0.717) is 18.6 Å². The first-order valence-corrected chi connectivity index (χ1v) is 5.61. The molecule has 2 aromatic rings. The highest BCUT2D eigenvalue weighted by atomic mass is 16.1. The van der Waals surface area contributed by atoms with Crippen LogP contribution in [0.2, 0.25) is 0 Å². The summed E-state index contributed by atoms with van der Waals surface area (Å²) in [6.45, 7) is 0. The monoisotopic (exact) mass is 211 g/mol. The molecule has 1 N–H and O–H groups in total. The average molecular weight is 211 g/mol. The fourth-order valence-electron chi connectivity index (χ4n) is 2.23. The topological polar surface area (TPSA) is 32.9 Å². The van der Waals surface area contributed by atoms with Crippen molar-refractivity contribution in [1.29, 1.82) is 0 Å². The zero-order valence-corrected chi connectivity index (χ0v) is 8.99. The molecule has 1 aromatic carbocycles. The zero-order chi connectivity index (χ0) is 11.0. The Balaban J connectivity index is 2.02. The number of aromatic amines is 1. The lowest BCUT2D eigenvalue weighted by molar-refractivity contribution is -0.118. The van der Waals surface area contributed by atoms with Crippen molar-refractivity contribution in [3.8, 4) is 0 Å². The third-order valence-corrected chi connectivity index (χ3v) is 3.17. The summed E-state index contributed by atoms with van der Waals surface area (Å²) in [5.74, 6) is 0.353. The van der Waals surface area contributed by atoms with Gasteiger partial charge in [0, 0.05) is 24.6 Å². The van der Waals surface area contributed by atoms with Gasteiger partial charge in [-0.25, -0.2) is 0 Å². The van der Waals surface area contributed by atoms with Crippen LogP contribution in [0.15, 0.2) is 36.5 Å². The molecule has 2 nitrogen and oxygen atoms in total. The van der Waals surface area contributed by atoms with E-state index in [0.717, 1.165) is 11.9 Å². The quantitative estimate of drug-likeness (QED) is 0.771. The van der Waals surface area contributed by atoms with E-state index in [2.05, 4.69) is 35.3 Å². The number of ketones is 1. The second-order valence-electron chi connectivity index (χ2n) is 4.25. The molecular weight excluding hydrogens is 198 g/mol. The number of fused-ring (bicyclic) bond motifs is 1. The molecule has 80 valence electrons. The summed E-state index contributed by atoms with van der Waals surface area (Å²) in [6.07, 6.45) is 6.19. The van der Waals surface area contributed by atoms with Gasteiger partial charge in [-0.1, -0.05) is 12.1 Å². The van der Waals surface area contributed by atoms with Crippen molar-refractivity contribution < 1.29 is 4.79 Å². The molecule has 16 heavy (non-hydrogen) atoms. The van der Waals surface area contributed by atoms with Crippen molar-refractivity contribution in [1.82, 2.24) is 4.98 Å². The van der Waals surface area contributed by atoms with Crippen molar-refractivity contribution in [2.24, 2.45) is 0 Å². The molecule has 1 aliphatic rings. The average Bonchev–Trinajstić information content (AvgIpc) is 2.77. The first kappa shape index (κ1) is 9.40. The number of carbonyl (C=O) groups is 1. The van der Waals surface area contributed by atoms with Crippen LogP contribution in [0.4, 0.5) is 0 Å². The van der Waals surface area contributed by atoms with Gasteiger partial charge in [0.05, 0.1) is 0 Å². The standard InChI is InChI=1S/C14H13NO/c16-13-4-1-10(2-5-13)11-3-6-14-12(9-11)7-8-15-14/h1,3,6-9,15H,2,4-5H2. The van der Waals surface area contributed by atoms with E-state index in [1.54, 1.807) is 0 Å². The van der Waals surface area contributed by atoms with E-state index in [-0.39, 0.29) is 0 Å². The Kier molecular flexibility index (Phi) is 2.13. The highest BCUT2D eigenvalue weighted by molar-refractivity contribution is 5.89. The molecule has 1 aliphatic carbocycles. The number of Topliss-reactive ketones (excluding diaryl/α,β-unsaturated/α-hetero) is 1. The number of nitrogens with one attached hydrogen (secondary N) is 1. The molecule has 1 aromatic heterocycles. The van der Waals surface area contributed by atoms with E-state index >= 15 is 0 Å². The Morgan fingerprint density at radius 3 is 2.88 bits per heavy atom. The van der Waals surface area contributed by atoms with E-state index in [4.69, 9.17) is 0 Å². The number of carbonyl (C=O) groups excluding carboxylic acids is 1. The third kappa shape index (κ3) is 1.56. The molecule has 0 amide bonds. The summed E-state index contributed by atoms with van der Waals surface area (Å²) in [7, 11) is 0. The van der Waals surface area contributed by atoms with Crippen LogP contribution in [0.5, 0.6) is 0 Å². The van der Waals surface area contributed by atoms with E-state index < -0.39 is 0 Å².